The number of aryl methyl sites for hydroxylation is 3. The Labute approximate surface area is 155 Å². The van der Waals surface area contributed by atoms with E-state index in [9.17, 15) is 8.42 Å². The predicted octanol–water partition coefficient (Wildman–Crippen LogP) is 3.33. The van der Waals surface area contributed by atoms with Crippen LogP contribution in [-0.4, -0.2) is 38.1 Å². The smallest absolute Gasteiger partial charge is 0.248 e. The van der Waals surface area contributed by atoms with Crippen LogP contribution in [0.3, 0.4) is 0 Å². The number of methoxy groups -OCH3 is 1. The van der Waals surface area contributed by atoms with Crippen molar-refractivity contribution in [1.82, 2.24) is 9.46 Å². The molecule has 1 saturated heterocycles. The highest BCUT2D eigenvalue weighted by molar-refractivity contribution is 7.89. The SMILES string of the molecule is COc1ccc(CC[C@@H]2CCCN(S(=O)(=O)c3c(C)noc3C)C2)cc1. The van der Waals surface area contributed by atoms with Crippen molar-refractivity contribution in [3.63, 3.8) is 0 Å². The normalized spacial score (nSPS) is 18.8. The van der Waals surface area contributed by atoms with Gasteiger partial charge in [0.15, 0.2) is 5.76 Å². The van der Waals surface area contributed by atoms with Crippen LogP contribution in [-0.2, 0) is 16.4 Å². The van der Waals surface area contributed by atoms with Crippen LogP contribution < -0.4 is 4.74 Å². The summed E-state index contributed by atoms with van der Waals surface area (Å²) in [5.74, 6) is 1.58. The Hall–Kier alpha value is -1.86. The minimum atomic E-state index is -3.54. The van der Waals surface area contributed by atoms with Crippen LogP contribution in [0.1, 0.15) is 36.3 Å². The zero-order valence-electron chi connectivity index (χ0n) is 15.6. The van der Waals surface area contributed by atoms with Gasteiger partial charge < -0.3 is 9.26 Å². The van der Waals surface area contributed by atoms with Gasteiger partial charge in [0, 0.05) is 13.1 Å². The summed E-state index contributed by atoms with van der Waals surface area (Å²) in [5.41, 5.74) is 1.68. The van der Waals surface area contributed by atoms with Crippen molar-refractivity contribution in [3.05, 3.63) is 41.3 Å². The lowest BCUT2D eigenvalue weighted by Gasteiger charge is -2.31. The number of sulfonamides is 1. The summed E-state index contributed by atoms with van der Waals surface area (Å²) >= 11 is 0. The van der Waals surface area contributed by atoms with E-state index in [1.165, 1.54) is 5.56 Å². The number of hydrogen-bond acceptors (Lipinski definition) is 5. The Balaban J connectivity index is 1.65. The topological polar surface area (TPSA) is 72.6 Å². The molecule has 1 fully saturated rings. The van der Waals surface area contributed by atoms with E-state index in [1.54, 1.807) is 25.3 Å². The molecule has 0 N–H and O–H groups in total. The van der Waals surface area contributed by atoms with E-state index in [4.69, 9.17) is 9.26 Å². The molecule has 0 unspecified atom stereocenters. The highest BCUT2D eigenvalue weighted by atomic mass is 32.2. The molecule has 2 aromatic rings. The molecule has 1 aromatic heterocycles. The Morgan fingerprint density at radius 1 is 1.27 bits per heavy atom. The fourth-order valence-electron chi connectivity index (χ4n) is 3.62. The Kier molecular flexibility index (Phi) is 5.67. The van der Waals surface area contributed by atoms with E-state index in [1.807, 2.05) is 12.1 Å². The van der Waals surface area contributed by atoms with E-state index >= 15 is 0 Å². The van der Waals surface area contributed by atoms with E-state index in [2.05, 4.69) is 17.3 Å². The molecule has 0 amide bonds. The van der Waals surface area contributed by atoms with Gasteiger partial charge in [-0.1, -0.05) is 17.3 Å². The average molecular weight is 378 g/mol. The molecule has 3 rings (SSSR count). The number of benzene rings is 1. The van der Waals surface area contributed by atoms with Gasteiger partial charge in [0.05, 0.1) is 7.11 Å². The van der Waals surface area contributed by atoms with Gasteiger partial charge in [0.25, 0.3) is 0 Å². The lowest BCUT2D eigenvalue weighted by molar-refractivity contribution is 0.256. The summed E-state index contributed by atoms with van der Waals surface area (Å²) in [7, 11) is -1.89. The molecule has 6 nitrogen and oxygen atoms in total. The molecule has 2 heterocycles. The van der Waals surface area contributed by atoms with Crippen molar-refractivity contribution in [1.29, 1.82) is 0 Å². The summed E-state index contributed by atoms with van der Waals surface area (Å²) in [6.45, 7) is 4.44. The molecule has 142 valence electrons. The number of ether oxygens (including phenoxy) is 1. The monoisotopic (exact) mass is 378 g/mol. The molecular weight excluding hydrogens is 352 g/mol. The Morgan fingerprint density at radius 3 is 2.62 bits per heavy atom. The van der Waals surface area contributed by atoms with Gasteiger partial charge in [0.2, 0.25) is 10.0 Å². The lowest BCUT2D eigenvalue weighted by atomic mass is 9.93. The van der Waals surface area contributed by atoms with E-state index in [-0.39, 0.29) is 4.90 Å². The van der Waals surface area contributed by atoms with Gasteiger partial charge in [-0.2, -0.15) is 4.31 Å². The fourth-order valence-corrected chi connectivity index (χ4v) is 5.46. The number of rotatable bonds is 6. The van der Waals surface area contributed by atoms with E-state index < -0.39 is 10.0 Å². The Bertz CT molecular complexity index is 823. The first-order valence-corrected chi connectivity index (χ1v) is 10.4. The number of nitrogens with zero attached hydrogens (tertiary/aromatic N) is 2. The summed E-state index contributed by atoms with van der Waals surface area (Å²) in [6.07, 6.45) is 3.85. The summed E-state index contributed by atoms with van der Waals surface area (Å²) in [4.78, 5) is 0.230. The maximum Gasteiger partial charge on any atom is 0.248 e. The van der Waals surface area contributed by atoms with Crippen LogP contribution >= 0.6 is 0 Å². The summed E-state index contributed by atoms with van der Waals surface area (Å²) in [5, 5.41) is 3.80. The molecule has 1 aliphatic heterocycles. The van der Waals surface area contributed by atoms with Gasteiger partial charge in [-0.05, 0) is 63.1 Å². The second kappa shape index (κ2) is 7.80. The first-order chi connectivity index (χ1) is 12.4. The molecule has 1 aromatic carbocycles. The molecule has 1 atom stereocenters. The van der Waals surface area contributed by atoms with Crippen molar-refractivity contribution in [2.24, 2.45) is 5.92 Å². The van der Waals surface area contributed by atoms with Crippen LogP contribution in [0.4, 0.5) is 0 Å². The highest BCUT2D eigenvalue weighted by Crippen LogP contribution is 2.29. The van der Waals surface area contributed by atoms with Gasteiger partial charge in [-0.15, -0.1) is 0 Å². The maximum atomic E-state index is 13.0. The molecule has 0 aliphatic carbocycles. The summed E-state index contributed by atoms with van der Waals surface area (Å²) in [6, 6.07) is 8.06. The molecule has 0 radical (unpaired) electrons. The van der Waals surface area contributed by atoms with Crippen molar-refractivity contribution in [3.8, 4) is 5.75 Å². The largest absolute Gasteiger partial charge is 0.497 e. The van der Waals surface area contributed by atoms with Crippen LogP contribution in [0, 0.1) is 19.8 Å². The Morgan fingerprint density at radius 2 is 2.00 bits per heavy atom. The minimum absolute atomic E-state index is 0.230. The third kappa shape index (κ3) is 3.94. The number of aromatic nitrogens is 1. The first kappa shape index (κ1) is 18.9. The second-order valence-electron chi connectivity index (χ2n) is 6.91. The van der Waals surface area contributed by atoms with Crippen molar-refractivity contribution in [2.45, 2.75) is 44.4 Å². The third-order valence-corrected chi connectivity index (χ3v) is 7.16. The van der Waals surface area contributed by atoms with Gasteiger partial charge >= 0.3 is 0 Å². The molecule has 0 saturated carbocycles. The molecule has 0 bridgehead atoms. The number of hydrogen-bond donors (Lipinski definition) is 0. The molecular formula is C19H26N2O4S. The minimum Gasteiger partial charge on any atom is -0.497 e. The number of piperidine rings is 1. The second-order valence-corrected chi connectivity index (χ2v) is 8.79. The van der Waals surface area contributed by atoms with Crippen LogP contribution in [0.25, 0.3) is 0 Å². The zero-order chi connectivity index (χ0) is 18.7. The van der Waals surface area contributed by atoms with Crippen molar-refractivity contribution in [2.75, 3.05) is 20.2 Å². The third-order valence-electron chi connectivity index (χ3n) is 5.05. The highest BCUT2D eigenvalue weighted by Gasteiger charge is 2.34. The van der Waals surface area contributed by atoms with Crippen molar-refractivity contribution >= 4 is 10.0 Å². The van der Waals surface area contributed by atoms with Crippen LogP contribution in [0.15, 0.2) is 33.7 Å². The predicted molar refractivity (Wildman–Crippen MR) is 98.8 cm³/mol. The van der Waals surface area contributed by atoms with E-state index in [0.717, 1.165) is 31.4 Å². The van der Waals surface area contributed by atoms with Crippen LogP contribution in [0.2, 0.25) is 0 Å². The molecule has 26 heavy (non-hydrogen) atoms. The molecule has 0 spiro atoms. The zero-order valence-corrected chi connectivity index (χ0v) is 16.4. The maximum absolute atomic E-state index is 13.0. The fraction of sp³-hybridized carbons (Fsp3) is 0.526. The standard InChI is InChI=1S/C19H26N2O4S/c1-14-19(15(2)25-20-14)26(22,23)21-12-4-5-17(13-21)7-6-16-8-10-18(24-3)11-9-16/h8-11,17H,4-7,12-13H2,1-3H3/t17-/m0/s1. The summed E-state index contributed by atoms with van der Waals surface area (Å²) < 4.78 is 37.8. The van der Waals surface area contributed by atoms with Crippen molar-refractivity contribution < 1.29 is 17.7 Å². The van der Waals surface area contributed by atoms with E-state index in [0.29, 0.717) is 30.5 Å². The molecule has 7 heteroatoms. The lowest BCUT2D eigenvalue weighted by Crippen LogP contribution is -2.40. The average Bonchev–Trinajstić information content (AvgIpc) is 2.99. The van der Waals surface area contributed by atoms with Gasteiger partial charge in [-0.25, -0.2) is 8.42 Å². The van der Waals surface area contributed by atoms with Gasteiger partial charge in [-0.3, -0.25) is 0 Å². The van der Waals surface area contributed by atoms with Crippen LogP contribution in [0.5, 0.6) is 5.75 Å². The first-order valence-electron chi connectivity index (χ1n) is 8.97. The molecule has 1 aliphatic rings. The quantitative estimate of drug-likeness (QED) is 0.771. The van der Waals surface area contributed by atoms with Gasteiger partial charge in [0.1, 0.15) is 16.3 Å².